The Morgan fingerprint density at radius 1 is 0.818 bits per heavy atom. The molecule has 0 heterocycles. The van der Waals surface area contributed by atoms with Gasteiger partial charge in [0.05, 0.1) is 0 Å². The third kappa shape index (κ3) is 6.95. The topological polar surface area (TPSA) is 29.5 Å². The van der Waals surface area contributed by atoms with Gasteiger partial charge in [-0.3, -0.25) is 0 Å². The van der Waals surface area contributed by atoms with E-state index in [4.69, 9.17) is 9.53 Å². The fourth-order valence-corrected chi connectivity index (χ4v) is 2.48. The minimum absolute atomic E-state index is 0.292. The van der Waals surface area contributed by atoms with Crippen LogP contribution in [0.25, 0.3) is 12.2 Å². The first kappa shape index (κ1) is 17.8. The van der Waals surface area contributed by atoms with Gasteiger partial charge in [-0.25, -0.2) is 0 Å². The van der Waals surface area contributed by atoms with Gasteiger partial charge in [0.2, 0.25) is 8.32 Å². The quantitative estimate of drug-likeness (QED) is 0.747. The maximum atomic E-state index is 8.82. The van der Waals surface area contributed by atoms with E-state index < -0.39 is 8.32 Å². The lowest BCUT2D eigenvalue weighted by molar-refractivity contribution is 0.475. The Hall–Kier alpha value is -2.26. The second kappa shape index (κ2) is 8.25. The van der Waals surface area contributed by atoms with Gasteiger partial charge >= 0.3 is 0 Å². The van der Waals surface area contributed by atoms with Gasteiger partial charge in [0.1, 0.15) is 11.5 Å². The van der Waals surface area contributed by atoms with E-state index in [1.165, 1.54) is 0 Å². The van der Waals surface area contributed by atoms with Crippen LogP contribution in [0.15, 0.2) is 61.7 Å². The maximum Gasteiger partial charge on any atom is 0.242 e. The first-order chi connectivity index (χ1) is 10.3. The van der Waals surface area contributed by atoms with Gasteiger partial charge < -0.3 is 9.53 Å². The summed E-state index contributed by atoms with van der Waals surface area (Å²) in [6.07, 6.45) is 3.57. The molecule has 1 N–H and O–H groups in total. The maximum absolute atomic E-state index is 8.82. The lowest BCUT2D eigenvalue weighted by atomic mass is 10.2. The van der Waals surface area contributed by atoms with Gasteiger partial charge in [0, 0.05) is 0 Å². The van der Waals surface area contributed by atoms with Crippen molar-refractivity contribution in [1.29, 1.82) is 0 Å². The highest BCUT2D eigenvalue weighted by Gasteiger charge is 2.15. The summed E-state index contributed by atoms with van der Waals surface area (Å²) >= 11 is 0. The molecule has 0 aliphatic rings. The number of hydrogen-bond acceptors (Lipinski definition) is 2. The Labute approximate surface area is 134 Å². The van der Waals surface area contributed by atoms with E-state index in [9.17, 15) is 0 Å². The van der Waals surface area contributed by atoms with Crippen molar-refractivity contribution in [1.82, 2.24) is 0 Å². The highest BCUT2D eigenvalue weighted by atomic mass is 28.4. The molecule has 0 aliphatic heterocycles. The third-order valence-corrected chi connectivity index (χ3v) is 3.52. The van der Waals surface area contributed by atoms with Crippen LogP contribution in [-0.4, -0.2) is 13.4 Å². The Morgan fingerprint density at radius 3 is 1.59 bits per heavy atom. The molecule has 2 aromatic carbocycles. The molecule has 0 bridgehead atoms. The molecule has 2 nitrogen and oxygen atoms in total. The summed E-state index contributed by atoms with van der Waals surface area (Å²) < 4.78 is 5.81. The van der Waals surface area contributed by atoms with Gasteiger partial charge in [0.15, 0.2) is 0 Å². The smallest absolute Gasteiger partial charge is 0.242 e. The molecule has 116 valence electrons. The van der Waals surface area contributed by atoms with Crippen LogP contribution >= 0.6 is 0 Å². The zero-order chi connectivity index (χ0) is 16.6. The molecular formula is C19H24O2Si. The summed E-state index contributed by atoms with van der Waals surface area (Å²) in [5.41, 5.74) is 2.15. The number of phenols is 1. The van der Waals surface area contributed by atoms with E-state index in [-0.39, 0.29) is 0 Å². The van der Waals surface area contributed by atoms with Crippen molar-refractivity contribution in [2.75, 3.05) is 0 Å². The van der Waals surface area contributed by atoms with Crippen LogP contribution in [0.1, 0.15) is 11.1 Å². The first-order valence-electron chi connectivity index (χ1n) is 7.17. The second-order valence-electron chi connectivity index (χ2n) is 5.78. The van der Waals surface area contributed by atoms with Gasteiger partial charge in [-0.05, 0) is 55.0 Å². The van der Waals surface area contributed by atoms with Gasteiger partial charge in [-0.15, -0.1) is 0 Å². The van der Waals surface area contributed by atoms with Crippen molar-refractivity contribution in [3.8, 4) is 11.5 Å². The molecular weight excluding hydrogens is 288 g/mol. The predicted octanol–water partition coefficient (Wildman–Crippen LogP) is 5.58. The number of benzene rings is 2. The summed E-state index contributed by atoms with van der Waals surface area (Å²) in [6.45, 7) is 13.8. The molecule has 0 saturated carbocycles. The number of rotatable bonds is 4. The molecule has 0 fully saturated rings. The van der Waals surface area contributed by atoms with Crippen LogP contribution in [-0.2, 0) is 0 Å². The van der Waals surface area contributed by atoms with Crippen molar-refractivity contribution in [3.05, 3.63) is 72.8 Å². The van der Waals surface area contributed by atoms with Crippen molar-refractivity contribution in [2.24, 2.45) is 0 Å². The van der Waals surface area contributed by atoms with E-state index in [2.05, 4.69) is 32.8 Å². The van der Waals surface area contributed by atoms with Crippen LogP contribution < -0.4 is 4.43 Å². The monoisotopic (exact) mass is 312 g/mol. The molecule has 0 amide bonds. The van der Waals surface area contributed by atoms with Crippen LogP contribution in [0.4, 0.5) is 0 Å². The molecule has 0 aromatic heterocycles. The first-order valence-corrected chi connectivity index (χ1v) is 10.6. The summed E-state index contributed by atoms with van der Waals surface area (Å²) in [5.74, 6) is 1.25. The number of aromatic hydroxyl groups is 1. The van der Waals surface area contributed by atoms with Gasteiger partial charge in [-0.1, -0.05) is 49.6 Å². The van der Waals surface area contributed by atoms with Crippen LogP contribution in [0, 0.1) is 0 Å². The SMILES string of the molecule is C=Cc1ccc(O)cc1.C=Cc1ccc(O[Si](C)(C)C)cc1. The highest BCUT2D eigenvalue weighted by molar-refractivity contribution is 6.70. The number of phenolic OH excluding ortho intramolecular Hbond substituents is 1. The third-order valence-electron chi connectivity index (χ3n) is 2.67. The normalized spacial score (nSPS) is 10.1. The Bertz CT molecular complexity index is 593. The van der Waals surface area contributed by atoms with Crippen molar-refractivity contribution < 1.29 is 9.53 Å². The lowest BCUT2D eigenvalue weighted by Gasteiger charge is -2.18. The average molecular weight is 312 g/mol. The average Bonchev–Trinajstić information content (AvgIpc) is 2.48. The molecule has 0 atom stereocenters. The van der Waals surface area contributed by atoms with Crippen molar-refractivity contribution in [3.63, 3.8) is 0 Å². The Balaban J connectivity index is 0.000000235. The fourth-order valence-electron chi connectivity index (χ4n) is 1.64. The molecule has 2 rings (SSSR count). The Kier molecular flexibility index (Phi) is 6.67. The van der Waals surface area contributed by atoms with E-state index in [1.807, 2.05) is 42.5 Å². The van der Waals surface area contributed by atoms with Crippen molar-refractivity contribution in [2.45, 2.75) is 19.6 Å². The summed E-state index contributed by atoms with van der Waals surface area (Å²) in [4.78, 5) is 0. The van der Waals surface area contributed by atoms with Crippen LogP contribution in [0.2, 0.25) is 19.6 Å². The highest BCUT2D eigenvalue weighted by Crippen LogP contribution is 2.17. The largest absolute Gasteiger partial charge is 0.544 e. The zero-order valence-electron chi connectivity index (χ0n) is 13.5. The number of hydrogen-bond donors (Lipinski definition) is 1. The molecule has 2 aromatic rings. The van der Waals surface area contributed by atoms with E-state index in [0.717, 1.165) is 16.9 Å². The predicted molar refractivity (Wildman–Crippen MR) is 98.7 cm³/mol. The molecule has 0 unspecified atom stereocenters. The lowest BCUT2D eigenvalue weighted by Crippen LogP contribution is -2.29. The fraction of sp³-hybridized carbons (Fsp3) is 0.158. The van der Waals surface area contributed by atoms with Crippen LogP contribution in [0.3, 0.4) is 0 Å². The summed E-state index contributed by atoms with van der Waals surface area (Å²) in [5, 5.41) is 8.82. The van der Waals surface area contributed by atoms with E-state index >= 15 is 0 Å². The van der Waals surface area contributed by atoms with Gasteiger partial charge in [0.25, 0.3) is 0 Å². The van der Waals surface area contributed by atoms with Crippen LogP contribution in [0.5, 0.6) is 11.5 Å². The zero-order valence-corrected chi connectivity index (χ0v) is 14.5. The minimum atomic E-state index is -1.45. The Morgan fingerprint density at radius 2 is 1.23 bits per heavy atom. The minimum Gasteiger partial charge on any atom is -0.544 e. The second-order valence-corrected chi connectivity index (χ2v) is 10.2. The standard InChI is InChI=1S/C11H16OSi.C8H8O/c1-5-10-6-8-11(9-7-10)12-13(2,3)4;1-2-7-3-5-8(9)6-4-7/h5-9H,1H2,2-4H3;2-6,9H,1H2. The molecule has 0 radical (unpaired) electrons. The summed E-state index contributed by atoms with van der Waals surface area (Å²) in [6, 6.07) is 14.9. The van der Waals surface area contributed by atoms with E-state index in [1.54, 1.807) is 18.2 Å². The summed E-state index contributed by atoms with van der Waals surface area (Å²) in [7, 11) is -1.45. The molecule has 0 aliphatic carbocycles. The molecule has 0 saturated heterocycles. The van der Waals surface area contributed by atoms with Crippen molar-refractivity contribution >= 4 is 20.5 Å². The molecule has 3 heteroatoms. The van der Waals surface area contributed by atoms with Gasteiger partial charge in [-0.2, -0.15) is 0 Å². The molecule has 0 spiro atoms. The van der Waals surface area contributed by atoms with E-state index in [0.29, 0.717) is 5.75 Å². The molecule has 22 heavy (non-hydrogen) atoms.